The van der Waals surface area contributed by atoms with Crippen molar-refractivity contribution in [2.45, 2.75) is 39.3 Å². The number of carbonyl (C=O) groups excluding carboxylic acids is 1. The summed E-state index contributed by atoms with van der Waals surface area (Å²) in [7, 11) is 0. The summed E-state index contributed by atoms with van der Waals surface area (Å²) in [6, 6.07) is 4.19. The summed E-state index contributed by atoms with van der Waals surface area (Å²) in [5, 5.41) is 3.41. The Bertz CT molecular complexity index is 725. The number of rotatable bonds is 5. The van der Waals surface area contributed by atoms with Gasteiger partial charge in [0.05, 0.1) is 6.10 Å². The Morgan fingerprint density at radius 1 is 1.52 bits per heavy atom. The van der Waals surface area contributed by atoms with Gasteiger partial charge in [0.15, 0.2) is 5.13 Å². The number of pyridine rings is 1. The summed E-state index contributed by atoms with van der Waals surface area (Å²) < 4.78 is 6.04. The molecule has 1 fully saturated rings. The largest absolute Gasteiger partial charge is 0.376 e. The molecule has 1 atom stereocenters. The number of thiazole rings is 1. The molecule has 6 nitrogen and oxygen atoms in total. The summed E-state index contributed by atoms with van der Waals surface area (Å²) in [6.07, 6.45) is 5.83. The van der Waals surface area contributed by atoms with Crippen molar-refractivity contribution in [2.24, 2.45) is 0 Å². The molecule has 1 amide bonds. The molecule has 0 saturated carbocycles. The Hall–Kier alpha value is -1.83. The van der Waals surface area contributed by atoms with Crippen molar-refractivity contribution in [1.29, 1.82) is 0 Å². The Morgan fingerprint density at radius 2 is 2.40 bits per heavy atom. The molecular weight excluding hydrogens is 336 g/mol. The van der Waals surface area contributed by atoms with Gasteiger partial charge in [-0.3, -0.25) is 14.7 Å². The van der Waals surface area contributed by atoms with E-state index in [4.69, 9.17) is 4.74 Å². The zero-order valence-electron chi connectivity index (χ0n) is 14.7. The number of amides is 1. The van der Waals surface area contributed by atoms with Crippen LogP contribution in [0.1, 0.15) is 30.9 Å². The van der Waals surface area contributed by atoms with Crippen LogP contribution in [0.15, 0.2) is 24.5 Å². The molecule has 1 aliphatic heterocycles. The average Bonchev–Trinajstić information content (AvgIpc) is 2.85. The van der Waals surface area contributed by atoms with E-state index in [9.17, 15) is 4.79 Å². The molecule has 0 radical (unpaired) electrons. The lowest BCUT2D eigenvalue weighted by atomic mass is 10.1. The molecule has 0 spiro atoms. The predicted octanol–water partition coefficient (Wildman–Crippen LogP) is 2.88. The Labute approximate surface area is 153 Å². The number of anilines is 1. The van der Waals surface area contributed by atoms with Crippen molar-refractivity contribution in [3.8, 4) is 0 Å². The second-order valence-corrected chi connectivity index (χ2v) is 7.52. The predicted molar refractivity (Wildman–Crippen MR) is 101 cm³/mol. The molecule has 2 aromatic heterocycles. The van der Waals surface area contributed by atoms with Gasteiger partial charge in [-0.25, -0.2) is 4.98 Å². The third-order valence-corrected chi connectivity index (χ3v) is 4.97. The van der Waals surface area contributed by atoms with E-state index in [2.05, 4.69) is 32.3 Å². The first-order valence-electron chi connectivity index (χ1n) is 8.56. The standard InChI is InChI=1S/C18H24N4O2S.H2/c1-13-8-15(4-5-19-13)9-16-11-22(6-3-7-24-16)12-17-10-20-18(25-17)21-14(2)23;/h4-5,8,10,16H,3,6-7,9,11-12H2,1-2H3,(H,20,21,23);1H. The lowest BCUT2D eigenvalue weighted by molar-refractivity contribution is -0.114. The molecule has 0 bridgehead atoms. The molecule has 7 heteroatoms. The first-order chi connectivity index (χ1) is 12.1. The minimum atomic E-state index is -0.0863. The zero-order valence-corrected chi connectivity index (χ0v) is 15.5. The molecule has 1 N–H and O–H groups in total. The normalized spacial score (nSPS) is 18.7. The number of ether oxygens (including phenoxy) is 1. The van der Waals surface area contributed by atoms with Gasteiger partial charge < -0.3 is 10.1 Å². The fourth-order valence-corrected chi connectivity index (χ4v) is 3.94. The highest BCUT2D eigenvalue weighted by Gasteiger charge is 2.20. The van der Waals surface area contributed by atoms with Crippen LogP contribution >= 0.6 is 11.3 Å². The quantitative estimate of drug-likeness (QED) is 0.886. The fraction of sp³-hybridized carbons (Fsp3) is 0.500. The number of aromatic nitrogens is 2. The smallest absolute Gasteiger partial charge is 0.223 e. The van der Waals surface area contributed by atoms with Crippen molar-refractivity contribution >= 4 is 22.4 Å². The van der Waals surface area contributed by atoms with Gasteiger partial charge in [0, 0.05) is 57.6 Å². The second kappa shape index (κ2) is 8.51. The van der Waals surface area contributed by atoms with E-state index in [1.807, 2.05) is 19.3 Å². The molecule has 136 valence electrons. The molecule has 0 aromatic carbocycles. The molecule has 3 rings (SSSR count). The summed E-state index contributed by atoms with van der Waals surface area (Å²) in [6.45, 7) is 7.06. The summed E-state index contributed by atoms with van der Waals surface area (Å²) in [5.41, 5.74) is 2.31. The third kappa shape index (κ3) is 5.59. The lowest BCUT2D eigenvalue weighted by Crippen LogP contribution is -2.32. The second-order valence-electron chi connectivity index (χ2n) is 6.40. The van der Waals surface area contributed by atoms with Crippen LogP contribution in [0.5, 0.6) is 0 Å². The van der Waals surface area contributed by atoms with Crippen molar-refractivity contribution in [1.82, 2.24) is 14.9 Å². The highest BCUT2D eigenvalue weighted by atomic mass is 32.1. The van der Waals surface area contributed by atoms with E-state index in [-0.39, 0.29) is 13.4 Å². The molecule has 0 aliphatic carbocycles. The van der Waals surface area contributed by atoms with Crippen LogP contribution in [-0.4, -0.2) is 46.6 Å². The monoisotopic (exact) mass is 362 g/mol. The lowest BCUT2D eigenvalue weighted by Gasteiger charge is -2.23. The van der Waals surface area contributed by atoms with Gasteiger partial charge in [-0.2, -0.15) is 0 Å². The molecule has 1 aliphatic rings. The molecule has 2 aromatic rings. The zero-order chi connectivity index (χ0) is 17.6. The highest BCUT2D eigenvalue weighted by molar-refractivity contribution is 7.15. The number of hydrogen-bond donors (Lipinski definition) is 1. The number of aryl methyl sites for hydroxylation is 1. The van der Waals surface area contributed by atoms with Crippen LogP contribution in [0.4, 0.5) is 5.13 Å². The fourth-order valence-electron chi connectivity index (χ4n) is 3.04. The van der Waals surface area contributed by atoms with Gasteiger partial charge in [-0.1, -0.05) is 0 Å². The van der Waals surface area contributed by atoms with Crippen LogP contribution < -0.4 is 5.32 Å². The number of nitrogens with one attached hydrogen (secondary N) is 1. The van der Waals surface area contributed by atoms with Crippen LogP contribution in [0.2, 0.25) is 0 Å². The van der Waals surface area contributed by atoms with E-state index in [0.29, 0.717) is 5.13 Å². The third-order valence-electron chi connectivity index (χ3n) is 4.07. The van der Waals surface area contributed by atoms with E-state index < -0.39 is 0 Å². The maximum absolute atomic E-state index is 11.1. The average molecular weight is 362 g/mol. The van der Waals surface area contributed by atoms with Gasteiger partial charge >= 0.3 is 0 Å². The van der Waals surface area contributed by atoms with Crippen LogP contribution in [0, 0.1) is 6.92 Å². The van der Waals surface area contributed by atoms with E-state index in [0.717, 1.165) is 49.7 Å². The Balaban J connectivity index is 0.00000243. The highest BCUT2D eigenvalue weighted by Crippen LogP contribution is 2.21. The van der Waals surface area contributed by atoms with Crippen LogP contribution in [-0.2, 0) is 22.5 Å². The van der Waals surface area contributed by atoms with Gasteiger partial charge in [-0.15, -0.1) is 11.3 Å². The first kappa shape index (κ1) is 18.0. The van der Waals surface area contributed by atoms with Gasteiger partial charge in [0.25, 0.3) is 0 Å². The Morgan fingerprint density at radius 3 is 3.20 bits per heavy atom. The SMILES string of the molecule is CC(=O)Nc1ncc(CN2CCCOC(Cc3ccnc(C)c3)C2)s1.[HH]. The summed E-state index contributed by atoms with van der Waals surface area (Å²) in [4.78, 5) is 23.2. The molecule has 25 heavy (non-hydrogen) atoms. The minimum absolute atomic E-state index is 0. The van der Waals surface area contributed by atoms with Crippen molar-refractivity contribution < 1.29 is 11.0 Å². The maximum atomic E-state index is 11.1. The van der Waals surface area contributed by atoms with E-state index in [1.54, 1.807) is 0 Å². The number of nitrogens with zero attached hydrogens (tertiary/aromatic N) is 3. The molecule has 3 heterocycles. The van der Waals surface area contributed by atoms with Crippen LogP contribution in [0.3, 0.4) is 0 Å². The minimum Gasteiger partial charge on any atom is -0.376 e. The molecule has 1 unspecified atom stereocenters. The number of carbonyl (C=O) groups is 1. The Kier molecular flexibility index (Phi) is 6.12. The van der Waals surface area contributed by atoms with Crippen LogP contribution in [0.25, 0.3) is 0 Å². The molecule has 1 saturated heterocycles. The van der Waals surface area contributed by atoms with E-state index >= 15 is 0 Å². The summed E-state index contributed by atoms with van der Waals surface area (Å²) >= 11 is 1.54. The van der Waals surface area contributed by atoms with Crippen molar-refractivity contribution in [2.75, 3.05) is 25.0 Å². The number of hydrogen-bond acceptors (Lipinski definition) is 6. The van der Waals surface area contributed by atoms with E-state index in [1.165, 1.54) is 23.8 Å². The van der Waals surface area contributed by atoms with Crippen molar-refractivity contribution in [3.63, 3.8) is 0 Å². The molecular formula is C18H26N4O2S. The van der Waals surface area contributed by atoms with Gasteiger partial charge in [0.2, 0.25) is 5.91 Å². The maximum Gasteiger partial charge on any atom is 0.223 e. The van der Waals surface area contributed by atoms with Crippen molar-refractivity contribution in [3.05, 3.63) is 40.7 Å². The van der Waals surface area contributed by atoms with Gasteiger partial charge in [-0.05, 0) is 37.5 Å². The summed E-state index contributed by atoms with van der Waals surface area (Å²) in [5.74, 6) is -0.0863. The first-order valence-corrected chi connectivity index (χ1v) is 9.38. The van der Waals surface area contributed by atoms with Gasteiger partial charge in [0.1, 0.15) is 0 Å². The topological polar surface area (TPSA) is 67.4 Å².